The molecule has 2 aromatic heterocycles. The van der Waals surface area contributed by atoms with Gasteiger partial charge in [-0.15, -0.1) is 11.3 Å². The molecule has 1 amide bonds. The van der Waals surface area contributed by atoms with E-state index in [4.69, 9.17) is 0 Å². The molecule has 0 unspecified atom stereocenters. The third kappa shape index (κ3) is 2.67. The summed E-state index contributed by atoms with van der Waals surface area (Å²) in [4.78, 5) is 13.7. The van der Waals surface area contributed by atoms with E-state index in [1.165, 1.54) is 12.1 Å². The van der Waals surface area contributed by atoms with Crippen LogP contribution in [0.3, 0.4) is 0 Å². The van der Waals surface area contributed by atoms with Crippen molar-refractivity contribution >= 4 is 22.9 Å². The number of aryl methyl sites for hydroxylation is 1. The van der Waals surface area contributed by atoms with Crippen LogP contribution in [0.4, 0.5) is 10.1 Å². The highest BCUT2D eigenvalue weighted by Crippen LogP contribution is 2.31. The Morgan fingerprint density at radius 1 is 1.18 bits per heavy atom. The number of aromatic nitrogens is 1. The number of thiophene rings is 1. The Bertz CT molecular complexity index is 821. The van der Waals surface area contributed by atoms with Crippen molar-refractivity contribution in [1.29, 1.82) is 0 Å². The maximum absolute atomic E-state index is 13.3. The number of hydrogen-bond donors (Lipinski definition) is 1. The Morgan fingerprint density at radius 2 is 1.91 bits per heavy atom. The minimum absolute atomic E-state index is 0.226. The number of halogens is 1. The van der Waals surface area contributed by atoms with Gasteiger partial charge in [0.05, 0.1) is 5.56 Å². The number of carbonyl (C=O) groups is 1. The fourth-order valence-electron chi connectivity index (χ4n) is 2.29. The fourth-order valence-corrected chi connectivity index (χ4v) is 3.41. The highest BCUT2D eigenvalue weighted by Gasteiger charge is 2.20. The summed E-state index contributed by atoms with van der Waals surface area (Å²) in [5, 5.41) is 3.64. The van der Waals surface area contributed by atoms with Crippen LogP contribution in [0, 0.1) is 19.7 Å². The van der Waals surface area contributed by atoms with Crippen molar-refractivity contribution in [3.8, 4) is 5.00 Å². The molecule has 22 heavy (non-hydrogen) atoms. The van der Waals surface area contributed by atoms with Crippen LogP contribution in [0.1, 0.15) is 20.8 Å². The predicted molar refractivity (Wildman–Crippen MR) is 87.5 cm³/mol. The van der Waals surface area contributed by atoms with Gasteiger partial charge < -0.3 is 9.88 Å². The van der Waals surface area contributed by atoms with Crippen LogP contribution in [0.25, 0.3) is 5.00 Å². The van der Waals surface area contributed by atoms with Crippen LogP contribution in [0.15, 0.2) is 48.8 Å². The van der Waals surface area contributed by atoms with Gasteiger partial charge >= 0.3 is 0 Å². The quantitative estimate of drug-likeness (QED) is 0.756. The largest absolute Gasteiger partial charge is 0.322 e. The van der Waals surface area contributed by atoms with E-state index in [1.54, 1.807) is 23.5 Å². The number of amides is 1. The molecule has 0 spiro atoms. The predicted octanol–water partition coefficient (Wildman–Crippen LogP) is 4.55. The fraction of sp³-hybridized carbons (Fsp3) is 0.118. The lowest BCUT2D eigenvalue weighted by atomic mass is 10.1. The Balaban J connectivity index is 1.99. The van der Waals surface area contributed by atoms with Crippen molar-refractivity contribution in [3.63, 3.8) is 0 Å². The summed E-state index contributed by atoms with van der Waals surface area (Å²) in [5.74, 6) is -0.599. The van der Waals surface area contributed by atoms with E-state index >= 15 is 0 Å². The van der Waals surface area contributed by atoms with E-state index in [0.29, 0.717) is 11.3 Å². The number of carbonyl (C=O) groups excluding carboxylic acids is 1. The van der Waals surface area contributed by atoms with Crippen molar-refractivity contribution in [2.75, 3.05) is 5.32 Å². The number of hydrogen-bond acceptors (Lipinski definition) is 2. The molecule has 0 aliphatic rings. The maximum Gasteiger partial charge on any atom is 0.258 e. The topological polar surface area (TPSA) is 34.0 Å². The summed E-state index contributed by atoms with van der Waals surface area (Å²) in [6.07, 6.45) is 3.81. The minimum Gasteiger partial charge on any atom is -0.322 e. The van der Waals surface area contributed by atoms with E-state index < -0.39 is 0 Å². The molecule has 0 saturated carbocycles. The van der Waals surface area contributed by atoms with Gasteiger partial charge in [0, 0.05) is 23.0 Å². The Hall–Kier alpha value is -2.40. The molecular formula is C17H15FN2OS. The molecule has 0 aliphatic heterocycles. The standard InChI is InChI=1S/C17H15FN2OS/c1-11-12(2)22-17(20-8-3-4-9-20)15(11)16(21)19-14-7-5-6-13(18)10-14/h3-10H,1-2H3,(H,19,21). The van der Waals surface area contributed by atoms with Gasteiger partial charge in [0.25, 0.3) is 5.91 Å². The first kappa shape index (κ1) is 14.5. The molecule has 1 N–H and O–H groups in total. The van der Waals surface area contributed by atoms with Gasteiger partial charge in [-0.25, -0.2) is 4.39 Å². The molecule has 112 valence electrons. The van der Waals surface area contributed by atoms with E-state index in [1.807, 2.05) is 42.9 Å². The number of benzene rings is 1. The van der Waals surface area contributed by atoms with Crippen LogP contribution < -0.4 is 5.32 Å². The lowest BCUT2D eigenvalue weighted by Gasteiger charge is -2.08. The highest BCUT2D eigenvalue weighted by molar-refractivity contribution is 7.15. The number of anilines is 1. The zero-order valence-corrected chi connectivity index (χ0v) is 13.1. The van der Waals surface area contributed by atoms with E-state index in [0.717, 1.165) is 15.4 Å². The van der Waals surface area contributed by atoms with Crippen LogP contribution >= 0.6 is 11.3 Å². The van der Waals surface area contributed by atoms with E-state index in [-0.39, 0.29) is 11.7 Å². The molecule has 0 saturated heterocycles. The second-order valence-electron chi connectivity index (χ2n) is 5.02. The van der Waals surface area contributed by atoms with E-state index in [2.05, 4.69) is 5.32 Å². The van der Waals surface area contributed by atoms with Crippen molar-refractivity contribution in [3.05, 3.63) is 70.6 Å². The first-order valence-electron chi connectivity index (χ1n) is 6.86. The molecule has 0 radical (unpaired) electrons. The van der Waals surface area contributed by atoms with Crippen molar-refractivity contribution < 1.29 is 9.18 Å². The molecule has 1 aromatic carbocycles. The molecule has 3 aromatic rings. The number of nitrogens with zero attached hydrogens (tertiary/aromatic N) is 1. The molecule has 2 heterocycles. The lowest BCUT2D eigenvalue weighted by molar-refractivity contribution is 0.102. The van der Waals surface area contributed by atoms with Crippen molar-refractivity contribution in [2.24, 2.45) is 0 Å². The van der Waals surface area contributed by atoms with Gasteiger partial charge in [-0.3, -0.25) is 4.79 Å². The molecule has 0 fully saturated rings. The van der Waals surface area contributed by atoms with Gasteiger partial charge in [0.2, 0.25) is 0 Å². The van der Waals surface area contributed by atoms with Gasteiger partial charge in [-0.2, -0.15) is 0 Å². The number of rotatable bonds is 3. The third-order valence-electron chi connectivity index (χ3n) is 3.52. The summed E-state index contributed by atoms with van der Waals surface area (Å²) in [5.41, 5.74) is 2.03. The number of nitrogens with one attached hydrogen (secondary N) is 1. The minimum atomic E-state index is -0.373. The molecule has 3 rings (SSSR count). The second kappa shape index (κ2) is 5.77. The summed E-state index contributed by atoms with van der Waals surface area (Å²) in [6.45, 7) is 3.92. The van der Waals surface area contributed by atoms with Crippen LogP contribution in [0.2, 0.25) is 0 Å². The van der Waals surface area contributed by atoms with Crippen molar-refractivity contribution in [2.45, 2.75) is 13.8 Å². The van der Waals surface area contributed by atoms with Gasteiger partial charge in [-0.05, 0) is 49.7 Å². The average molecular weight is 314 g/mol. The lowest BCUT2D eigenvalue weighted by Crippen LogP contribution is -2.14. The first-order valence-corrected chi connectivity index (χ1v) is 7.68. The zero-order chi connectivity index (χ0) is 15.7. The molecule has 0 aliphatic carbocycles. The summed E-state index contributed by atoms with van der Waals surface area (Å²) in [6, 6.07) is 9.73. The van der Waals surface area contributed by atoms with Crippen LogP contribution in [-0.2, 0) is 0 Å². The second-order valence-corrected chi connectivity index (χ2v) is 6.22. The maximum atomic E-state index is 13.3. The monoisotopic (exact) mass is 314 g/mol. The van der Waals surface area contributed by atoms with Gasteiger partial charge in [-0.1, -0.05) is 6.07 Å². The van der Waals surface area contributed by atoms with E-state index in [9.17, 15) is 9.18 Å². The smallest absolute Gasteiger partial charge is 0.258 e. The van der Waals surface area contributed by atoms with Gasteiger partial charge in [0.1, 0.15) is 10.8 Å². The SMILES string of the molecule is Cc1sc(-n2cccc2)c(C(=O)Nc2cccc(F)c2)c1C. The average Bonchev–Trinajstić information content (AvgIpc) is 3.08. The molecule has 0 atom stereocenters. The summed E-state index contributed by atoms with van der Waals surface area (Å²) >= 11 is 1.57. The normalized spacial score (nSPS) is 10.7. The molecular weight excluding hydrogens is 299 g/mol. The van der Waals surface area contributed by atoms with Crippen LogP contribution in [0.5, 0.6) is 0 Å². The van der Waals surface area contributed by atoms with Crippen molar-refractivity contribution in [1.82, 2.24) is 4.57 Å². The first-order chi connectivity index (χ1) is 10.6. The Morgan fingerprint density at radius 3 is 2.59 bits per heavy atom. The summed E-state index contributed by atoms with van der Waals surface area (Å²) < 4.78 is 15.2. The zero-order valence-electron chi connectivity index (χ0n) is 12.3. The van der Waals surface area contributed by atoms with Gasteiger partial charge in [0.15, 0.2) is 0 Å². The highest BCUT2D eigenvalue weighted by atomic mass is 32.1. The summed E-state index contributed by atoms with van der Waals surface area (Å²) in [7, 11) is 0. The van der Waals surface area contributed by atoms with Crippen LogP contribution in [-0.4, -0.2) is 10.5 Å². The molecule has 0 bridgehead atoms. The molecule has 5 heteroatoms. The third-order valence-corrected chi connectivity index (χ3v) is 4.74. The Kier molecular flexibility index (Phi) is 3.81. The Labute approximate surface area is 132 Å². The molecule has 3 nitrogen and oxygen atoms in total.